The number of hydrogen-bond acceptors (Lipinski definition) is 6. The molecule has 5 rings (SSSR count). The van der Waals surface area contributed by atoms with E-state index < -0.39 is 12.0 Å². The molecule has 0 aromatic carbocycles. The van der Waals surface area contributed by atoms with Crippen molar-refractivity contribution in [3.8, 4) is 11.5 Å². The van der Waals surface area contributed by atoms with Gasteiger partial charge in [-0.1, -0.05) is 6.07 Å². The molecule has 5 heterocycles. The maximum absolute atomic E-state index is 12.8. The Balaban J connectivity index is 1.37. The summed E-state index contributed by atoms with van der Waals surface area (Å²) < 4.78 is 2.09. The number of nitrogens with zero attached hydrogens (tertiary/aromatic N) is 6. The fourth-order valence-corrected chi connectivity index (χ4v) is 4.13. The molecular formula is C21H21N7O3. The van der Waals surface area contributed by atoms with E-state index in [1.165, 1.54) is 4.90 Å². The van der Waals surface area contributed by atoms with Gasteiger partial charge in [-0.05, 0) is 49.1 Å². The van der Waals surface area contributed by atoms with Crippen molar-refractivity contribution in [3.05, 3.63) is 53.1 Å². The second kappa shape index (κ2) is 7.46. The summed E-state index contributed by atoms with van der Waals surface area (Å²) in [7, 11) is 0. The lowest BCUT2D eigenvalue weighted by Gasteiger charge is -2.26. The molecule has 3 aromatic rings. The Bertz CT molecular complexity index is 1190. The maximum Gasteiger partial charge on any atom is 0.407 e. The van der Waals surface area contributed by atoms with Gasteiger partial charge in [-0.2, -0.15) is 0 Å². The maximum atomic E-state index is 12.8. The van der Waals surface area contributed by atoms with Gasteiger partial charge in [0.1, 0.15) is 23.0 Å². The van der Waals surface area contributed by atoms with Crippen LogP contribution in [-0.2, 0) is 19.4 Å². The van der Waals surface area contributed by atoms with Crippen molar-refractivity contribution in [1.29, 1.82) is 0 Å². The minimum atomic E-state index is -0.969. The molecule has 3 aromatic heterocycles. The highest BCUT2D eigenvalue weighted by molar-refractivity contribution is 6.02. The smallest absolute Gasteiger partial charge is 0.407 e. The van der Waals surface area contributed by atoms with E-state index in [0.717, 1.165) is 29.8 Å². The Labute approximate surface area is 178 Å². The number of carbonyl (C=O) groups excluding carboxylic acids is 1. The van der Waals surface area contributed by atoms with Crippen molar-refractivity contribution in [2.24, 2.45) is 0 Å². The highest BCUT2D eigenvalue weighted by atomic mass is 16.4. The molecule has 2 amide bonds. The minimum absolute atomic E-state index is 0.218. The van der Waals surface area contributed by atoms with Crippen molar-refractivity contribution in [1.82, 2.24) is 29.6 Å². The zero-order valence-corrected chi connectivity index (χ0v) is 16.9. The lowest BCUT2D eigenvalue weighted by Crippen LogP contribution is -2.35. The molecule has 2 aliphatic heterocycles. The topological polar surface area (TPSA) is 126 Å². The number of carbonyl (C=O) groups is 2. The number of nitrogens with one attached hydrogen (secondary N) is 1. The molecule has 0 spiro atoms. The van der Waals surface area contributed by atoms with Crippen molar-refractivity contribution < 1.29 is 14.7 Å². The van der Waals surface area contributed by atoms with Crippen LogP contribution in [-0.4, -0.2) is 53.3 Å². The predicted octanol–water partition coefficient (Wildman–Crippen LogP) is 2.53. The molecule has 0 radical (unpaired) electrons. The molecule has 1 atom stereocenters. The van der Waals surface area contributed by atoms with E-state index in [-0.39, 0.29) is 12.2 Å². The van der Waals surface area contributed by atoms with E-state index in [0.29, 0.717) is 36.3 Å². The quantitative estimate of drug-likeness (QED) is 0.668. The fraction of sp³-hybridized carbons (Fsp3) is 0.333. The molecule has 31 heavy (non-hydrogen) atoms. The predicted molar refractivity (Wildman–Crippen MR) is 111 cm³/mol. The van der Waals surface area contributed by atoms with Crippen LogP contribution in [0.25, 0.3) is 11.5 Å². The summed E-state index contributed by atoms with van der Waals surface area (Å²) in [6.45, 7) is 2.80. The summed E-state index contributed by atoms with van der Waals surface area (Å²) in [5, 5.41) is 20.5. The van der Waals surface area contributed by atoms with Gasteiger partial charge < -0.3 is 19.9 Å². The second-order valence-corrected chi connectivity index (χ2v) is 7.85. The standard InChI is InChI=1S/C21H21N7O3/c1-12-5-6-18-25-26-19(28(12)18)15-3-2-4-17(23-15)24-20(29)16-9-14-11-27(21(30)31)8-7-13(14)10-22-16/h2-4,9-10,12H,5-8,11H2,1H3,(H,30,31)(H,23,24,29)/t12-/m0/s1. The average molecular weight is 419 g/mol. The van der Waals surface area contributed by atoms with E-state index in [9.17, 15) is 14.7 Å². The van der Waals surface area contributed by atoms with Gasteiger partial charge in [0, 0.05) is 31.7 Å². The van der Waals surface area contributed by atoms with Gasteiger partial charge in [-0.25, -0.2) is 9.78 Å². The zero-order valence-electron chi connectivity index (χ0n) is 16.9. The number of fused-ring (bicyclic) bond motifs is 2. The van der Waals surface area contributed by atoms with Crippen LogP contribution in [0.4, 0.5) is 10.6 Å². The SMILES string of the molecule is C[C@H]1CCc2nnc(-c3cccc(NC(=O)c4cc5c(cn4)CCN(C(=O)O)C5)n3)n21. The van der Waals surface area contributed by atoms with Crippen LogP contribution < -0.4 is 5.32 Å². The van der Waals surface area contributed by atoms with E-state index in [1.54, 1.807) is 18.3 Å². The number of aromatic nitrogens is 5. The normalized spacial score (nSPS) is 17.2. The van der Waals surface area contributed by atoms with E-state index >= 15 is 0 Å². The summed E-state index contributed by atoms with van der Waals surface area (Å²) in [6, 6.07) is 7.32. The van der Waals surface area contributed by atoms with Gasteiger partial charge in [0.15, 0.2) is 5.82 Å². The monoisotopic (exact) mass is 419 g/mol. The Morgan fingerprint density at radius 3 is 2.90 bits per heavy atom. The lowest BCUT2D eigenvalue weighted by atomic mass is 10.0. The summed E-state index contributed by atoms with van der Waals surface area (Å²) in [6.07, 6.45) is 3.18. The summed E-state index contributed by atoms with van der Waals surface area (Å²) in [4.78, 5) is 34.2. The van der Waals surface area contributed by atoms with Crippen LogP contribution in [0, 0.1) is 0 Å². The Morgan fingerprint density at radius 2 is 2.06 bits per heavy atom. The molecule has 0 saturated carbocycles. The molecule has 0 aliphatic carbocycles. The summed E-state index contributed by atoms with van der Waals surface area (Å²) in [5.41, 5.74) is 2.61. The Hall–Kier alpha value is -3.82. The first kappa shape index (κ1) is 19.2. The van der Waals surface area contributed by atoms with Crippen LogP contribution in [0.15, 0.2) is 30.5 Å². The first-order valence-electron chi connectivity index (χ1n) is 10.2. The first-order valence-corrected chi connectivity index (χ1v) is 10.2. The molecule has 0 fully saturated rings. The van der Waals surface area contributed by atoms with Crippen LogP contribution in [0.1, 0.15) is 46.8 Å². The van der Waals surface area contributed by atoms with Crippen molar-refractivity contribution in [2.45, 2.75) is 38.8 Å². The van der Waals surface area contributed by atoms with Gasteiger partial charge in [0.25, 0.3) is 5.91 Å². The molecule has 10 heteroatoms. The average Bonchev–Trinajstić information content (AvgIpc) is 3.36. The van der Waals surface area contributed by atoms with Crippen LogP contribution in [0.3, 0.4) is 0 Å². The van der Waals surface area contributed by atoms with Crippen molar-refractivity contribution in [2.75, 3.05) is 11.9 Å². The lowest BCUT2D eigenvalue weighted by molar-refractivity contribution is 0.102. The highest BCUT2D eigenvalue weighted by Crippen LogP contribution is 2.30. The molecule has 0 bridgehead atoms. The third-order valence-electron chi connectivity index (χ3n) is 5.81. The first-order chi connectivity index (χ1) is 15.0. The summed E-state index contributed by atoms with van der Waals surface area (Å²) in [5.74, 6) is 1.63. The van der Waals surface area contributed by atoms with Crippen molar-refractivity contribution in [3.63, 3.8) is 0 Å². The number of anilines is 1. The molecule has 2 aliphatic rings. The molecule has 158 valence electrons. The number of rotatable bonds is 3. The molecule has 0 unspecified atom stereocenters. The van der Waals surface area contributed by atoms with Gasteiger partial charge in [0.2, 0.25) is 0 Å². The number of amides is 2. The largest absolute Gasteiger partial charge is 0.465 e. The van der Waals surface area contributed by atoms with Crippen LogP contribution >= 0.6 is 0 Å². The molecular weight excluding hydrogens is 398 g/mol. The van der Waals surface area contributed by atoms with Crippen LogP contribution in [0.2, 0.25) is 0 Å². The minimum Gasteiger partial charge on any atom is -0.465 e. The Morgan fingerprint density at radius 1 is 1.19 bits per heavy atom. The van der Waals surface area contributed by atoms with Gasteiger partial charge in [-0.3, -0.25) is 9.78 Å². The van der Waals surface area contributed by atoms with Gasteiger partial charge in [-0.15, -0.1) is 10.2 Å². The highest BCUT2D eigenvalue weighted by Gasteiger charge is 2.25. The summed E-state index contributed by atoms with van der Waals surface area (Å²) >= 11 is 0. The third kappa shape index (κ3) is 3.49. The zero-order chi connectivity index (χ0) is 21.5. The second-order valence-electron chi connectivity index (χ2n) is 7.85. The fourth-order valence-electron chi connectivity index (χ4n) is 4.13. The van der Waals surface area contributed by atoms with Crippen LogP contribution in [0.5, 0.6) is 0 Å². The van der Waals surface area contributed by atoms with E-state index in [4.69, 9.17) is 0 Å². The number of pyridine rings is 2. The molecule has 10 nitrogen and oxygen atoms in total. The van der Waals surface area contributed by atoms with Crippen molar-refractivity contribution >= 4 is 17.8 Å². The molecule has 2 N–H and O–H groups in total. The number of carboxylic acid groups (broad SMARTS) is 1. The van der Waals surface area contributed by atoms with Gasteiger partial charge in [0.05, 0.1) is 0 Å². The third-order valence-corrected chi connectivity index (χ3v) is 5.81. The Kier molecular flexibility index (Phi) is 4.61. The van der Waals surface area contributed by atoms with E-state index in [2.05, 4.69) is 37.0 Å². The molecule has 0 saturated heterocycles. The van der Waals surface area contributed by atoms with Gasteiger partial charge >= 0.3 is 6.09 Å². The van der Waals surface area contributed by atoms with E-state index in [1.807, 2.05) is 12.1 Å². The number of hydrogen-bond donors (Lipinski definition) is 2. The number of aryl methyl sites for hydroxylation is 1.